The minimum atomic E-state index is -0.396. The van der Waals surface area contributed by atoms with Crippen LogP contribution in [0.25, 0.3) is 10.8 Å². The summed E-state index contributed by atoms with van der Waals surface area (Å²) in [6, 6.07) is 6.09. The Balaban J connectivity index is 2.24. The van der Waals surface area contributed by atoms with Crippen molar-refractivity contribution in [2.24, 2.45) is 5.92 Å². The molecule has 0 radical (unpaired) electrons. The summed E-state index contributed by atoms with van der Waals surface area (Å²) in [6.45, 7) is 6.57. The number of furan rings is 1. The van der Waals surface area contributed by atoms with E-state index >= 15 is 0 Å². The summed E-state index contributed by atoms with van der Waals surface area (Å²) >= 11 is 0. The second-order valence-electron chi connectivity index (χ2n) is 5.14. The van der Waals surface area contributed by atoms with Crippen molar-refractivity contribution in [1.82, 2.24) is 0 Å². The second-order valence-corrected chi connectivity index (χ2v) is 5.14. The summed E-state index contributed by atoms with van der Waals surface area (Å²) in [5, 5.41) is 1.79. The summed E-state index contributed by atoms with van der Waals surface area (Å²) < 4.78 is 10.3. The molecule has 0 aliphatic carbocycles. The monoisotopic (exact) mass is 260 g/mol. The van der Waals surface area contributed by atoms with Gasteiger partial charge in [-0.2, -0.15) is 0 Å². The van der Waals surface area contributed by atoms with Crippen molar-refractivity contribution in [3.63, 3.8) is 0 Å². The van der Waals surface area contributed by atoms with Crippen LogP contribution in [0.15, 0.2) is 28.9 Å². The first-order valence-electron chi connectivity index (χ1n) is 6.79. The molecular formula is C16H20O3. The van der Waals surface area contributed by atoms with Gasteiger partial charge in [0.25, 0.3) is 0 Å². The lowest BCUT2D eigenvalue weighted by molar-refractivity contribution is 0.0493. The average Bonchev–Trinajstić information content (AvgIpc) is 2.79. The zero-order valence-corrected chi connectivity index (χ0v) is 11.7. The Hall–Kier alpha value is -1.77. The Bertz CT molecular complexity index is 566. The number of aryl methyl sites for hydroxylation is 1. The van der Waals surface area contributed by atoms with E-state index in [1.165, 1.54) is 5.56 Å². The fourth-order valence-electron chi connectivity index (χ4n) is 2.07. The molecule has 102 valence electrons. The highest BCUT2D eigenvalue weighted by molar-refractivity contribution is 6.02. The summed E-state index contributed by atoms with van der Waals surface area (Å²) in [7, 11) is 0. The van der Waals surface area contributed by atoms with Gasteiger partial charge in [0.1, 0.15) is 0 Å². The van der Waals surface area contributed by atoms with Gasteiger partial charge in [0.15, 0.2) is 0 Å². The standard InChI is InChI=1S/C16H20O3/c1-4-18-16(17)15-14-8-7-12(6-5-11(2)3)9-13(14)10-19-15/h7-11H,4-6H2,1-3H3. The molecule has 3 heteroatoms. The number of benzene rings is 1. The molecule has 0 aliphatic heterocycles. The minimum Gasteiger partial charge on any atom is -0.460 e. The van der Waals surface area contributed by atoms with Gasteiger partial charge in [-0.3, -0.25) is 0 Å². The third kappa shape index (κ3) is 3.16. The molecular weight excluding hydrogens is 240 g/mol. The smallest absolute Gasteiger partial charge is 0.374 e. The van der Waals surface area contributed by atoms with Gasteiger partial charge < -0.3 is 9.15 Å². The summed E-state index contributed by atoms with van der Waals surface area (Å²) in [5.74, 6) is 0.592. The second kappa shape index (κ2) is 5.91. The van der Waals surface area contributed by atoms with E-state index in [9.17, 15) is 4.79 Å². The molecule has 2 rings (SSSR count). The van der Waals surface area contributed by atoms with E-state index in [1.807, 2.05) is 6.07 Å². The Morgan fingerprint density at radius 3 is 2.84 bits per heavy atom. The largest absolute Gasteiger partial charge is 0.460 e. The molecule has 0 saturated heterocycles. The molecule has 2 aromatic rings. The summed E-state index contributed by atoms with van der Waals surface area (Å²) in [4.78, 5) is 11.7. The molecule has 0 aliphatic rings. The molecule has 1 aromatic carbocycles. The molecule has 3 nitrogen and oxygen atoms in total. The first-order valence-corrected chi connectivity index (χ1v) is 6.79. The van der Waals surface area contributed by atoms with E-state index in [2.05, 4.69) is 26.0 Å². The van der Waals surface area contributed by atoms with Gasteiger partial charge >= 0.3 is 5.97 Å². The van der Waals surface area contributed by atoms with Crippen molar-refractivity contribution in [3.05, 3.63) is 35.8 Å². The van der Waals surface area contributed by atoms with Crippen LogP contribution in [0.2, 0.25) is 0 Å². The number of esters is 1. The van der Waals surface area contributed by atoms with Gasteiger partial charge in [0.05, 0.1) is 12.9 Å². The maximum Gasteiger partial charge on any atom is 0.374 e. The summed E-state index contributed by atoms with van der Waals surface area (Å²) in [5.41, 5.74) is 1.28. The molecule has 0 fully saturated rings. The Labute approximate surface area is 113 Å². The Morgan fingerprint density at radius 1 is 1.37 bits per heavy atom. The maximum absolute atomic E-state index is 11.7. The Morgan fingerprint density at radius 2 is 2.16 bits per heavy atom. The van der Waals surface area contributed by atoms with Gasteiger partial charge in [0, 0.05) is 10.8 Å². The number of carbonyl (C=O) groups excluding carboxylic acids is 1. The zero-order valence-electron chi connectivity index (χ0n) is 11.7. The van der Waals surface area contributed by atoms with Gasteiger partial charge in [-0.05, 0) is 43.4 Å². The van der Waals surface area contributed by atoms with E-state index in [-0.39, 0.29) is 0 Å². The van der Waals surface area contributed by atoms with Crippen molar-refractivity contribution in [1.29, 1.82) is 0 Å². The number of fused-ring (bicyclic) bond motifs is 1. The van der Waals surface area contributed by atoms with Crippen LogP contribution in [-0.2, 0) is 11.2 Å². The van der Waals surface area contributed by atoms with Crippen molar-refractivity contribution < 1.29 is 13.9 Å². The van der Waals surface area contributed by atoms with Crippen LogP contribution in [0, 0.1) is 5.92 Å². The number of rotatable bonds is 5. The number of hydrogen-bond acceptors (Lipinski definition) is 3. The van der Waals surface area contributed by atoms with Crippen LogP contribution in [0.4, 0.5) is 0 Å². The lowest BCUT2D eigenvalue weighted by Gasteiger charge is -2.04. The molecule has 0 bridgehead atoms. The highest BCUT2D eigenvalue weighted by Gasteiger charge is 2.15. The van der Waals surface area contributed by atoms with Crippen LogP contribution >= 0.6 is 0 Å². The highest BCUT2D eigenvalue weighted by atomic mass is 16.5. The van der Waals surface area contributed by atoms with Crippen LogP contribution in [0.5, 0.6) is 0 Å². The molecule has 0 spiro atoms. The van der Waals surface area contributed by atoms with Crippen molar-refractivity contribution >= 4 is 16.7 Å². The highest BCUT2D eigenvalue weighted by Crippen LogP contribution is 2.24. The Kier molecular flexibility index (Phi) is 4.25. The number of carbonyl (C=O) groups is 1. The van der Waals surface area contributed by atoms with Crippen LogP contribution in [-0.4, -0.2) is 12.6 Å². The quantitative estimate of drug-likeness (QED) is 0.756. The lowest BCUT2D eigenvalue weighted by atomic mass is 10.0. The molecule has 0 unspecified atom stereocenters. The SMILES string of the molecule is CCOC(=O)c1occ2cc(CCC(C)C)ccc12. The fourth-order valence-corrected chi connectivity index (χ4v) is 2.07. The third-order valence-electron chi connectivity index (χ3n) is 3.14. The molecule has 0 atom stereocenters. The maximum atomic E-state index is 11.7. The minimum absolute atomic E-state index is 0.298. The molecule has 0 N–H and O–H groups in total. The van der Waals surface area contributed by atoms with E-state index in [0.29, 0.717) is 18.3 Å². The predicted molar refractivity (Wildman–Crippen MR) is 75.3 cm³/mol. The van der Waals surface area contributed by atoms with Gasteiger partial charge in [-0.25, -0.2) is 4.79 Å². The van der Waals surface area contributed by atoms with Crippen LogP contribution in [0.1, 0.15) is 43.3 Å². The van der Waals surface area contributed by atoms with Crippen molar-refractivity contribution in [3.8, 4) is 0 Å². The van der Waals surface area contributed by atoms with Gasteiger partial charge in [-0.15, -0.1) is 0 Å². The van der Waals surface area contributed by atoms with Crippen LogP contribution in [0.3, 0.4) is 0 Å². The third-order valence-corrected chi connectivity index (χ3v) is 3.14. The number of hydrogen-bond donors (Lipinski definition) is 0. The average molecular weight is 260 g/mol. The van der Waals surface area contributed by atoms with Gasteiger partial charge in [0.2, 0.25) is 5.76 Å². The molecule has 19 heavy (non-hydrogen) atoms. The number of ether oxygens (including phenoxy) is 1. The predicted octanol–water partition coefficient (Wildman–Crippen LogP) is 4.20. The van der Waals surface area contributed by atoms with Gasteiger partial charge in [-0.1, -0.05) is 19.9 Å². The topological polar surface area (TPSA) is 39.4 Å². The van der Waals surface area contributed by atoms with Crippen molar-refractivity contribution in [2.45, 2.75) is 33.6 Å². The van der Waals surface area contributed by atoms with E-state index < -0.39 is 5.97 Å². The first kappa shape index (κ1) is 13.7. The molecule has 0 amide bonds. The van der Waals surface area contributed by atoms with Crippen LogP contribution < -0.4 is 0 Å². The van der Waals surface area contributed by atoms with E-state index in [0.717, 1.165) is 23.6 Å². The first-order chi connectivity index (χ1) is 9.11. The summed E-state index contributed by atoms with van der Waals surface area (Å²) in [6.07, 6.45) is 3.84. The lowest BCUT2D eigenvalue weighted by Crippen LogP contribution is -2.03. The zero-order chi connectivity index (χ0) is 13.8. The molecule has 0 saturated carbocycles. The molecule has 1 heterocycles. The molecule has 1 aromatic heterocycles. The van der Waals surface area contributed by atoms with E-state index in [1.54, 1.807) is 13.2 Å². The van der Waals surface area contributed by atoms with Crippen molar-refractivity contribution in [2.75, 3.05) is 6.61 Å². The normalized spacial score (nSPS) is 11.2. The fraction of sp³-hybridized carbons (Fsp3) is 0.438. The van der Waals surface area contributed by atoms with E-state index in [4.69, 9.17) is 9.15 Å².